The number of ether oxygens (including phenoxy) is 1. The Morgan fingerprint density at radius 3 is 2.43 bits per heavy atom. The van der Waals surface area contributed by atoms with E-state index in [0.29, 0.717) is 0 Å². The molecular formula is C18H22O3. The maximum absolute atomic E-state index is 11.9. The molecule has 1 aliphatic rings. The van der Waals surface area contributed by atoms with Crippen LogP contribution < -0.4 is 0 Å². The molecule has 0 saturated heterocycles. The van der Waals surface area contributed by atoms with Crippen molar-refractivity contribution < 1.29 is 14.3 Å². The number of allylic oxidation sites excluding steroid dienone is 1. The number of hydrogen-bond acceptors (Lipinski definition) is 3. The first-order valence-electron chi connectivity index (χ1n) is 7.52. The van der Waals surface area contributed by atoms with E-state index in [9.17, 15) is 9.59 Å². The molecular weight excluding hydrogens is 264 g/mol. The van der Waals surface area contributed by atoms with Gasteiger partial charge in [-0.2, -0.15) is 0 Å². The Morgan fingerprint density at radius 2 is 1.76 bits per heavy atom. The van der Waals surface area contributed by atoms with E-state index in [1.54, 1.807) is 13.8 Å². The summed E-state index contributed by atoms with van der Waals surface area (Å²) in [5.74, 6) is -1.10. The topological polar surface area (TPSA) is 43.4 Å². The minimum Gasteiger partial charge on any atom is -0.456 e. The van der Waals surface area contributed by atoms with Crippen LogP contribution in [-0.4, -0.2) is 17.9 Å². The lowest BCUT2D eigenvalue weighted by atomic mass is 9.81. The van der Waals surface area contributed by atoms with Crippen LogP contribution in [0.25, 0.3) is 0 Å². The molecule has 2 atom stereocenters. The van der Waals surface area contributed by atoms with Gasteiger partial charge in [0, 0.05) is 5.92 Å². The SMILES string of the molecule is CC(C)=CC(=O)C(=O)O[C@H]1CCCC[C@@H]1c1ccccc1. The fraction of sp³-hybridized carbons (Fsp3) is 0.444. The third kappa shape index (κ3) is 4.28. The summed E-state index contributed by atoms with van der Waals surface area (Å²) in [6, 6.07) is 10.1. The Balaban J connectivity index is 2.08. The molecule has 2 rings (SSSR count). The number of hydrogen-bond donors (Lipinski definition) is 0. The standard InChI is InChI=1S/C18H22O3/c1-13(2)12-16(19)18(20)21-17-11-7-6-10-15(17)14-8-4-3-5-9-14/h3-5,8-9,12,15,17H,6-7,10-11H2,1-2H3/t15-,17+/m1/s1. The fourth-order valence-electron chi connectivity index (χ4n) is 2.84. The van der Waals surface area contributed by atoms with Crippen LogP contribution in [0.1, 0.15) is 51.0 Å². The molecule has 1 aromatic rings. The second-order valence-corrected chi connectivity index (χ2v) is 5.83. The van der Waals surface area contributed by atoms with Gasteiger partial charge in [0.1, 0.15) is 6.10 Å². The zero-order valence-corrected chi connectivity index (χ0v) is 12.7. The molecule has 3 nitrogen and oxygen atoms in total. The average Bonchev–Trinajstić information content (AvgIpc) is 2.48. The second-order valence-electron chi connectivity index (χ2n) is 5.83. The molecule has 0 spiro atoms. The number of carbonyl (C=O) groups is 2. The van der Waals surface area contributed by atoms with Crippen LogP contribution in [0, 0.1) is 0 Å². The number of rotatable bonds is 4. The van der Waals surface area contributed by atoms with Crippen LogP contribution in [0.2, 0.25) is 0 Å². The molecule has 0 unspecified atom stereocenters. The Labute approximate surface area is 126 Å². The van der Waals surface area contributed by atoms with Crippen LogP contribution in [0.15, 0.2) is 42.0 Å². The predicted molar refractivity (Wildman–Crippen MR) is 82.0 cm³/mol. The van der Waals surface area contributed by atoms with Crippen molar-refractivity contribution in [1.29, 1.82) is 0 Å². The first kappa shape index (κ1) is 15.5. The summed E-state index contributed by atoms with van der Waals surface area (Å²) in [7, 11) is 0. The van der Waals surface area contributed by atoms with Crippen molar-refractivity contribution in [3.05, 3.63) is 47.5 Å². The zero-order valence-electron chi connectivity index (χ0n) is 12.7. The second kappa shape index (κ2) is 7.21. The Morgan fingerprint density at radius 1 is 1.10 bits per heavy atom. The van der Waals surface area contributed by atoms with Gasteiger partial charge in [0.25, 0.3) is 5.78 Å². The number of carbonyl (C=O) groups excluding carboxylic acids is 2. The molecule has 3 heteroatoms. The Kier molecular flexibility index (Phi) is 5.32. The van der Waals surface area contributed by atoms with E-state index in [2.05, 4.69) is 12.1 Å². The highest BCUT2D eigenvalue weighted by molar-refractivity contribution is 6.38. The van der Waals surface area contributed by atoms with E-state index < -0.39 is 11.8 Å². The van der Waals surface area contributed by atoms with Gasteiger partial charge in [-0.05, 0) is 44.7 Å². The van der Waals surface area contributed by atoms with Gasteiger partial charge in [-0.15, -0.1) is 0 Å². The van der Waals surface area contributed by atoms with Gasteiger partial charge in [-0.1, -0.05) is 42.3 Å². The van der Waals surface area contributed by atoms with Crippen LogP contribution in [-0.2, 0) is 14.3 Å². The number of benzene rings is 1. The van der Waals surface area contributed by atoms with E-state index in [4.69, 9.17) is 4.74 Å². The molecule has 0 heterocycles. The summed E-state index contributed by atoms with van der Waals surface area (Å²) in [5.41, 5.74) is 1.99. The highest BCUT2D eigenvalue weighted by Crippen LogP contribution is 2.35. The molecule has 0 bridgehead atoms. The third-order valence-electron chi connectivity index (χ3n) is 3.81. The lowest BCUT2D eigenvalue weighted by Gasteiger charge is -2.31. The summed E-state index contributed by atoms with van der Waals surface area (Å²) >= 11 is 0. The summed E-state index contributed by atoms with van der Waals surface area (Å²) in [6.07, 6.45) is 5.14. The van der Waals surface area contributed by atoms with E-state index in [-0.39, 0.29) is 12.0 Å². The Bertz CT molecular complexity index is 527. The number of esters is 1. The highest BCUT2D eigenvalue weighted by atomic mass is 16.5. The normalized spacial score (nSPS) is 21.4. The predicted octanol–water partition coefficient (Wildman–Crippen LogP) is 3.79. The summed E-state index contributed by atoms with van der Waals surface area (Å²) in [5, 5.41) is 0. The molecule has 0 aromatic heterocycles. The van der Waals surface area contributed by atoms with Crippen molar-refractivity contribution >= 4 is 11.8 Å². The van der Waals surface area contributed by atoms with Gasteiger partial charge in [0.15, 0.2) is 0 Å². The van der Waals surface area contributed by atoms with Crippen LogP contribution in [0.4, 0.5) is 0 Å². The molecule has 1 aliphatic carbocycles. The Hall–Kier alpha value is -1.90. The van der Waals surface area contributed by atoms with Crippen molar-refractivity contribution in [2.75, 3.05) is 0 Å². The first-order chi connectivity index (χ1) is 10.1. The smallest absolute Gasteiger partial charge is 0.379 e. The van der Waals surface area contributed by atoms with Gasteiger partial charge in [0.05, 0.1) is 0 Å². The maximum Gasteiger partial charge on any atom is 0.379 e. The average molecular weight is 286 g/mol. The van der Waals surface area contributed by atoms with E-state index in [1.807, 2.05) is 18.2 Å². The van der Waals surface area contributed by atoms with E-state index >= 15 is 0 Å². The highest BCUT2D eigenvalue weighted by Gasteiger charge is 2.30. The van der Waals surface area contributed by atoms with Gasteiger partial charge >= 0.3 is 5.97 Å². The van der Waals surface area contributed by atoms with Crippen LogP contribution >= 0.6 is 0 Å². The van der Waals surface area contributed by atoms with Gasteiger partial charge in [-0.25, -0.2) is 4.79 Å². The van der Waals surface area contributed by atoms with Crippen LogP contribution in [0.3, 0.4) is 0 Å². The lowest BCUT2D eigenvalue weighted by Crippen LogP contribution is -2.31. The minimum absolute atomic E-state index is 0.192. The molecule has 21 heavy (non-hydrogen) atoms. The zero-order chi connectivity index (χ0) is 15.2. The van der Waals surface area contributed by atoms with Crippen LogP contribution in [0.5, 0.6) is 0 Å². The summed E-state index contributed by atoms with van der Waals surface area (Å²) in [6.45, 7) is 3.58. The van der Waals surface area contributed by atoms with Crippen molar-refractivity contribution in [3.63, 3.8) is 0 Å². The van der Waals surface area contributed by atoms with Crippen molar-refractivity contribution in [1.82, 2.24) is 0 Å². The molecule has 1 fully saturated rings. The fourth-order valence-corrected chi connectivity index (χ4v) is 2.84. The molecule has 0 aliphatic heterocycles. The van der Waals surface area contributed by atoms with Crippen molar-refractivity contribution in [2.24, 2.45) is 0 Å². The largest absolute Gasteiger partial charge is 0.456 e. The maximum atomic E-state index is 11.9. The summed E-state index contributed by atoms with van der Waals surface area (Å²) < 4.78 is 5.49. The van der Waals surface area contributed by atoms with Crippen molar-refractivity contribution in [2.45, 2.75) is 51.6 Å². The third-order valence-corrected chi connectivity index (χ3v) is 3.81. The molecule has 0 amide bonds. The molecule has 112 valence electrons. The lowest BCUT2D eigenvalue weighted by molar-refractivity contribution is -0.158. The van der Waals surface area contributed by atoms with Gasteiger partial charge in [-0.3, -0.25) is 4.79 Å². The van der Waals surface area contributed by atoms with Gasteiger partial charge in [0.2, 0.25) is 0 Å². The molecule has 1 saturated carbocycles. The van der Waals surface area contributed by atoms with E-state index in [0.717, 1.165) is 31.3 Å². The molecule has 1 aromatic carbocycles. The van der Waals surface area contributed by atoms with E-state index in [1.165, 1.54) is 11.6 Å². The molecule has 0 radical (unpaired) electrons. The van der Waals surface area contributed by atoms with Crippen molar-refractivity contribution in [3.8, 4) is 0 Å². The first-order valence-corrected chi connectivity index (χ1v) is 7.52. The molecule has 0 N–H and O–H groups in total. The van der Waals surface area contributed by atoms with Gasteiger partial charge < -0.3 is 4.74 Å². The minimum atomic E-state index is -0.732. The summed E-state index contributed by atoms with van der Waals surface area (Å²) in [4.78, 5) is 23.6. The number of ketones is 1. The quantitative estimate of drug-likeness (QED) is 0.480. The monoisotopic (exact) mass is 286 g/mol.